The fraction of sp³-hybridized carbons (Fsp3) is 0.462. The molecule has 6 heteroatoms. The number of aromatic nitrogens is 1. The second-order valence-corrected chi connectivity index (χ2v) is 4.81. The van der Waals surface area contributed by atoms with Crippen LogP contribution in [-0.2, 0) is 4.79 Å². The first-order valence-corrected chi connectivity index (χ1v) is 6.21. The van der Waals surface area contributed by atoms with Gasteiger partial charge in [0.1, 0.15) is 5.56 Å². The maximum Gasteiger partial charge on any atom is 0.308 e. The minimum atomic E-state index is -0.893. The average molecular weight is 264 g/mol. The highest BCUT2D eigenvalue weighted by atomic mass is 16.4. The van der Waals surface area contributed by atoms with Crippen molar-refractivity contribution in [2.75, 3.05) is 13.1 Å². The number of aromatic amines is 1. The summed E-state index contributed by atoms with van der Waals surface area (Å²) in [6, 6.07) is 3.15. The first-order valence-electron chi connectivity index (χ1n) is 6.21. The molecule has 19 heavy (non-hydrogen) atoms. The van der Waals surface area contributed by atoms with Crippen molar-refractivity contribution in [1.82, 2.24) is 9.88 Å². The Morgan fingerprint density at radius 3 is 2.79 bits per heavy atom. The molecule has 2 N–H and O–H groups in total. The van der Waals surface area contributed by atoms with Crippen LogP contribution >= 0.6 is 0 Å². The Hall–Kier alpha value is -2.11. The molecule has 0 aliphatic carbocycles. The number of pyridine rings is 1. The molecule has 0 aromatic carbocycles. The number of carbonyl (C=O) groups excluding carboxylic acids is 1. The number of amides is 1. The number of nitrogens with zero attached hydrogens (tertiary/aromatic N) is 1. The Morgan fingerprint density at radius 2 is 2.16 bits per heavy atom. The first kappa shape index (κ1) is 13.3. The van der Waals surface area contributed by atoms with E-state index in [0.717, 1.165) is 0 Å². The third kappa shape index (κ3) is 2.83. The summed E-state index contributed by atoms with van der Waals surface area (Å²) >= 11 is 0. The van der Waals surface area contributed by atoms with Crippen molar-refractivity contribution in [2.24, 2.45) is 5.92 Å². The molecule has 1 aliphatic heterocycles. The van der Waals surface area contributed by atoms with Crippen LogP contribution in [0.15, 0.2) is 16.9 Å². The van der Waals surface area contributed by atoms with Crippen molar-refractivity contribution in [3.05, 3.63) is 33.7 Å². The third-order valence-corrected chi connectivity index (χ3v) is 3.34. The van der Waals surface area contributed by atoms with Gasteiger partial charge in [-0.1, -0.05) is 0 Å². The van der Waals surface area contributed by atoms with Crippen LogP contribution in [0.2, 0.25) is 0 Å². The molecule has 102 valence electrons. The van der Waals surface area contributed by atoms with Crippen molar-refractivity contribution in [3.8, 4) is 0 Å². The Morgan fingerprint density at radius 1 is 1.42 bits per heavy atom. The zero-order valence-electron chi connectivity index (χ0n) is 10.7. The molecule has 0 spiro atoms. The Balaban J connectivity index is 2.19. The molecule has 0 saturated carbocycles. The van der Waals surface area contributed by atoms with Crippen LogP contribution < -0.4 is 5.56 Å². The van der Waals surface area contributed by atoms with Gasteiger partial charge in [0.05, 0.1) is 5.92 Å². The molecule has 1 aromatic heterocycles. The molecule has 1 aliphatic rings. The molecule has 1 unspecified atom stereocenters. The van der Waals surface area contributed by atoms with E-state index in [1.165, 1.54) is 11.0 Å². The molecule has 0 bridgehead atoms. The van der Waals surface area contributed by atoms with E-state index in [2.05, 4.69) is 4.98 Å². The standard InChI is InChI=1S/C13H16N2O4/c1-8-4-5-10(11(16)14-8)12(17)15-6-2-3-9(7-15)13(18)19/h4-5,9H,2-3,6-7H2,1H3,(H,14,16)(H,18,19). The maximum atomic E-state index is 12.2. The number of aliphatic carboxylic acids is 1. The van der Waals surface area contributed by atoms with E-state index < -0.39 is 23.4 Å². The van der Waals surface area contributed by atoms with E-state index in [1.54, 1.807) is 13.0 Å². The summed E-state index contributed by atoms with van der Waals surface area (Å²) in [4.78, 5) is 38.9. The van der Waals surface area contributed by atoms with Gasteiger partial charge in [0.2, 0.25) is 0 Å². The Bertz CT molecular complexity index is 564. The number of nitrogens with one attached hydrogen (secondary N) is 1. The quantitative estimate of drug-likeness (QED) is 0.819. The summed E-state index contributed by atoms with van der Waals surface area (Å²) in [6.07, 6.45) is 1.22. The van der Waals surface area contributed by atoms with Crippen molar-refractivity contribution in [1.29, 1.82) is 0 Å². The molecule has 0 radical (unpaired) electrons. The summed E-state index contributed by atoms with van der Waals surface area (Å²) in [5, 5.41) is 8.99. The molecule has 1 fully saturated rings. The maximum absolute atomic E-state index is 12.2. The lowest BCUT2D eigenvalue weighted by Gasteiger charge is -2.30. The summed E-state index contributed by atoms with van der Waals surface area (Å²) in [5.41, 5.74) is 0.322. The van der Waals surface area contributed by atoms with Gasteiger partial charge in [0.15, 0.2) is 0 Å². The summed E-state index contributed by atoms with van der Waals surface area (Å²) < 4.78 is 0. The second kappa shape index (κ2) is 5.26. The molecule has 2 heterocycles. The van der Waals surface area contributed by atoms with E-state index in [0.29, 0.717) is 25.1 Å². The minimum Gasteiger partial charge on any atom is -0.481 e. The lowest BCUT2D eigenvalue weighted by Crippen LogP contribution is -2.43. The van der Waals surface area contributed by atoms with Crippen LogP contribution in [0.1, 0.15) is 28.9 Å². The second-order valence-electron chi connectivity index (χ2n) is 4.81. The van der Waals surface area contributed by atoms with Gasteiger partial charge in [-0.15, -0.1) is 0 Å². The monoisotopic (exact) mass is 264 g/mol. The van der Waals surface area contributed by atoms with Gasteiger partial charge in [-0.3, -0.25) is 14.4 Å². The zero-order chi connectivity index (χ0) is 14.0. The smallest absolute Gasteiger partial charge is 0.308 e. The lowest BCUT2D eigenvalue weighted by atomic mass is 9.98. The fourth-order valence-corrected chi connectivity index (χ4v) is 2.27. The minimum absolute atomic E-state index is 0.0663. The van der Waals surface area contributed by atoms with Crippen LogP contribution in [-0.4, -0.2) is 40.0 Å². The van der Waals surface area contributed by atoms with E-state index in [-0.39, 0.29) is 12.1 Å². The Labute approximate surface area is 110 Å². The SMILES string of the molecule is Cc1ccc(C(=O)N2CCCC(C(=O)O)C2)c(=O)[nH]1. The van der Waals surface area contributed by atoms with Gasteiger partial charge in [-0.2, -0.15) is 0 Å². The van der Waals surface area contributed by atoms with Gasteiger partial charge >= 0.3 is 5.97 Å². The highest BCUT2D eigenvalue weighted by Crippen LogP contribution is 2.18. The zero-order valence-corrected chi connectivity index (χ0v) is 10.7. The fourth-order valence-electron chi connectivity index (χ4n) is 2.27. The number of H-pyrrole nitrogens is 1. The van der Waals surface area contributed by atoms with Gasteiger partial charge in [0.25, 0.3) is 11.5 Å². The molecule has 2 rings (SSSR count). The van der Waals surface area contributed by atoms with Gasteiger partial charge < -0.3 is 15.0 Å². The number of likely N-dealkylation sites (tertiary alicyclic amines) is 1. The molecular formula is C13H16N2O4. The van der Waals surface area contributed by atoms with Crippen molar-refractivity contribution < 1.29 is 14.7 Å². The summed E-state index contributed by atoms with van der Waals surface area (Å²) in [5.74, 6) is -1.83. The van der Waals surface area contributed by atoms with Crippen LogP contribution in [0.3, 0.4) is 0 Å². The molecular weight excluding hydrogens is 248 g/mol. The normalized spacial score (nSPS) is 19.2. The summed E-state index contributed by atoms with van der Waals surface area (Å²) in [6.45, 7) is 2.40. The highest BCUT2D eigenvalue weighted by molar-refractivity contribution is 5.94. The van der Waals surface area contributed by atoms with Crippen molar-refractivity contribution >= 4 is 11.9 Å². The van der Waals surface area contributed by atoms with Crippen LogP contribution in [0, 0.1) is 12.8 Å². The van der Waals surface area contributed by atoms with E-state index in [4.69, 9.17) is 5.11 Å². The number of aryl methyl sites for hydroxylation is 1. The predicted octanol–water partition coefficient (Wildman–Crippen LogP) is 0.620. The van der Waals surface area contributed by atoms with Crippen LogP contribution in [0.5, 0.6) is 0 Å². The van der Waals surface area contributed by atoms with Crippen LogP contribution in [0.25, 0.3) is 0 Å². The van der Waals surface area contributed by atoms with Gasteiger partial charge in [0, 0.05) is 18.8 Å². The molecule has 1 aromatic rings. The number of carbonyl (C=O) groups is 2. The number of hydrogen-bond acceptors (Lipinski definition) is 3. The molecule has 1 atom stereocenters. The third-order valence-electron chi connectivity index (χ3n) is 3.34. The van der Waals surface area contributed by atoms with Gasteiger partial charge in [-0.05, 0) is 31.9 Å². The Kier molecular flexibility index (Phi) is 3.69. The first-order chi connectivity index (χ1) is 8.99. The van der Waals surface area contributed by atoms with Crippen molar-refractivity contribution in [3.63, 3.8) is 0 Å². The van der Waals surface area contributed by atoms with E-state index >= 15 is 0 Å². The number of hydrogen-bond donors (Lipinski definition) is 2. The average Bonchev–Trinajstić information content (AvgIpc) is 2.38. The number of rotatable bonds is 2. The summed E-state index contributed by atoms with van der Waals surface area (Å²) in [7, 11) is 0. The topological polar surface area (TPSA) is 90.5 Å². The molecule has 1 saturated heterocycles. The number of piperidine rings is 1. The number of carboxylic acid groups (broad SMARTS) is 1. The number of carboxylic acids is 1. The van der Waals surface area contributed by atoms with Gasteiger partial charge in [-0.25, -0.2) is 0 Å². The lowest BCUT2D eigenvalue weighted by molar-refractivity contribution is -0.143. The highest BCUT2D eigenvalue weighted by Gasteiger charge is 2.29. The molecule has 1 amide bonds. The van der Waals surface area contributed by atoms with E-state index in [1.807, 2.05) is 0 Å². The predicted molar refractivity (Wildman–Crippen MR) is 68.1 cm³/mol. The largest absolute Gasteiger partial charge is 0.481 e. The van der Waals surface area contributed by atoms with Crippen LogP contribution in [0.4, 0.5) is 0 Å². The van der Waals surface area contributed by atoms with Crippen molar-refractivity contribution in [2.45, 2.75) is 19.8 Å². The molecule has 6 nitrogen and oxygen atoms in total. The van der Waals surface area contributed by atoms with E-state index in [9.17, 15) is 14.4 Å².